The number of esters is 1. The molecule has 0 aliphatic heterocycles. The number of thioether (sulfide) groups is 1. The summed E-state index contributed by atoms with van der Waals surface area (Å²) in [4.78, 5) is 11.5. The maximum atomic E-state index is 11.5. The van der Waals surface area contributed by atoms with E-state index in [4.69, 9.17) is 10.5 Å². The van der Waals surface area contributed by atoms with Crippen molar-refractivity contribution in [1.29, 1.82) is 0 Å². The molecule has 0 bridgehead atoms. The molecule has 1 rings (SSSR count). The van der Waals surface area contributed by atoms with Gasteiger partial charge in [-0.15, -0.1) is 0 Å². The van der Waals surface area contributed by atoms with Gasteiger partial charge in [-0.3, -0.25) is 4.79 Å². The lowest BCUT2D eigenvalue weighted by Crippen LogP contribution is -2.34. The van der Waals surface area contributed by atoms with E-state index in [-0.39, 0.29) is 5.97 Å². The van der Waals surface area contributed by atoms with E-state index in [1.165, 1.54) is 5.56 Å². The quantitative estimate of drug-likeness (QED) is 0.581. The van der Waals surface area contributed by atoms with Crippen molar-refractivity contribution in [3.63, 3.8) is 0 Å². The number of carbonyl (C=O) groups excluding carboxylic acids is 1. The summed E-state index contributed by atoms with van der Waals surface area (Å²) in [6, 6.07) is 9.63. The summed E-state index contributed by atoms with van der Waals surface area (Å²) in [6.45, 7) is 2.54. The molecule has 100 valence electrons. The van der Waals surface area contributed by atoms with Gasteiger partial charge in [0.1, 0.15) is 6.04 Å². The Labute approximate surface area is 113 Å². The third-order valence-electron chi connectivity index (χ3n) is 2.45. The number of benzene rings is 1. The lowest BCUT2D eigenvalue weighted by molar-refractivity contribution is -0.144. The predicted octanol–water partition coefficient (Wildman–Crippen LogP) is 2.59. The molecule has 0 aromatic heterocycles. The Morgan fingerprint density at radius 3 is 2.78 bits per heavy atom. The van der Waals surface area contributed by atoms with Crippen molar-refractivity contribution in [2.75, 3.05) is 12.4 Å². The molecule has 4 heteroatoms. The van der Waals surface area contributed by atoms with Crippen LogP contribution in [0.1, 0.15) is 25.3 Å². The topological polar surface area (TPSA) is 52.3 Å². The fourth-order valence-corrected chi connectivity index (χ4v) is 2.31. The molecule has 1 aromatic carbocycles. The van der Waals surface area contributed by atoms with Crippen LogP contribution in [0.25, 0.3) is 0 Å². The molecule has 0 heterocycles. The van der Waals surface area contributed by atoms with E-state index in [0.717, 1.165) is 18.6 Å². The Morgan fingerprint density at radius 2 is 2.11 bits per heavy atom. The lowest BCUT2D eigenvalue weighted by atomic mass is 10.2. The highest BCUT2D eigenvalue weighted by atomic mass is 32.2. The van der Waals surface area contributed by atoms with E-state index in [1.54, 1.807) is 11.8 Å². The van der Waals surface area contributed by atoms with Crippen LogP contribution < -0.4 is 5.73 Å². The Bertz CT molecular complexity index is 343. The smallest absolute Gasteiger partial charge is 0.323 e. The minimum Gasteiger partial charge on any atom is -0.465 e. The predicted molar refractivity (Wildman–Crippen MR) is 76.4 cm³/mol. The molecule has 0 saturated heterocycles. The van der Waals surface area contributed by atoms with Crippen molar-refractivity contribution in [2.45, 2.75) is 31.6 Å². The fraction of sp³-hybridized carbons (Fsp3) is 0.500. The van der Waals surface area contributed by atoms with Crippen LogP contribution in [0.3, 0.4) is 0 Å². The summed E-state index contributed by atoms with van der Waals surface area (Å²) >= 11 is 1.66. The zero-order valence-corrected chi connectivity index (χ0v) is 11.6. The molecule has 2 N–H and O–H groups in total. The van der Waals surface area contributed by atoms with E-state index in [1.807, 2.05) is 18.2 Å². The van der Waals surface area contributed by atoms with Gasteiger partial charge in [-0.05, 0) is 12.0 Å². The second-order valence-corrected chi connectivity index (χ2v) is 5.16. The standard InChI is InChI=1S/C14H21NO2S/c1-2-3-9-17-14(16)13(15)11-18-10-12-7-5-4-6-8-12/h4-8,13H,2-3,9-11,15H2,1H3. The van der Waals surface area contributed by atoms with Crippen LogP contribution in [0.4, 0.5) is 0 Å². The van der Waals surface area contributed by atoms with Gasteiger partial charge in [-0.1, -0.05) is 43.7 Å². The molecule has 1 atom stereocenters. The van der Waals surface area contributed by atoms with E-state index in [2.05, 4.69) is 19.1 Å². The molecule has 0 fully saturated rings. The minimum atomic E-state index is -0.518. The number of nitrogens with two attached hydrogens (primary N) is 1. The normalized spacial score (nSPS) is 12.1. The summed E-state index contributed by atoms with van der Waals surface area (Å²) in [5.41, 5.74) is 7.01. The molecule has 1 aromatic rings. The highest BCUT2D eigenvalue weighted by Gasteiger charge is 2.14. The van der Waals surface area contributed by atoms with E-state index >= 15 is 0 Å². The maximum absolute atomic E-state index is 11.5. The van der Waals surface area contributed by atoms with Gasteiger partial charge in [0.25, 0.3) is 0 Å². The van der Waals surface area contributed by atoms with Crippen molar-refractivity contribution >= 4 is 17.7 Å². The van der Waals surface area contributed by atoms with Crippen molar-refractivity contribution < 1.29 is 9.53 Å². The van der Waals surface area contributed by atoms with Crippen LogP contribution in [0, 0.1) is 0 Å². The van der Waals surface area contributed by atoms with Gasteiger partial charge < -0.3 is 10.5 Å². The minimum absolute atomic E-state index is 0.288. The van der Waals surface area contributed by atoms with Gasteiger partial charge in [-0.2, -0.15) is 11.8 Å². The summed E-state index contributed by atoms with van der Waals surface area (Å²) in [7, 11) is 0. The zero-order valence-electron chi connectivity index (χ0n) is 10.8. The average Bonchev–Trinajstić information content (AvgIpc) is 2.40. The van der Waals surface area contributed by atoms with Crippen molar-refractivity contribution in [3.05, 3.63) is 35.9 Å². The molecule has 3 nitrogen and oxygen atoms in total. The number of ether oxygens (including phenoxy) is 1. The van der Waals surface area contributed by atoms with Gasteiger partial charge in [0.2, 0.25) is 0 Å². The average molecular weight is 267 g/mol. The van der Waals surface area contributed by atoms with E-state index in [0.29, 0.717) is 12.4 Å². The monoisotopic (exact) mass is 267 g/mol. The van der Waals surface area contributed by atoms with Crippen LogP contribution in [0.2, 0.25) is 0 Å². The first-order valence-electron chi connectivity index (χ1n) is 6.28. The number of hydrogen-bond acceptors (Lipinski definition) is 4. The van der Waals surface area contributed by atoms with Crippen LogP contribution in [0.15, 0.2) is 30.3 Å². The molecule has 18 heavy (non-hydrogen) atoms. The number of hydrogen-bond donors (Lipinski definition) is 1. The summed E-state index contributed by atoms with van der Waals surface area (Å²) < 4.78 is 5.07. The van der Waals surface area contributed by atoms with Crippen LogP contribution in [0.5, 0.6) is 0 Å². The summed E-state index contributed by atoms with van der Waals surface area (Å²) in [5, 5.41) is 0. The van der Waals surface area contributed by atoms with E-state index in [9.17, 15) is 4.79 Å². The van der Waals surface area contributed by atoms with Gasteiger partial charge in [-0.25, -0.2) is 0 Å². The molecule has 0 saturated carbocycles. The molecule has 0 aliphatic carbocycles. The number of unbranched alkanes of at least 4 members (excludes halogenated alkanes) is 1. The Morgan fingerprint density at radius 1 is 1.39 bits per heavy atom. The highest BCUT2D eigenvalue weighted by Crippen LogP contribution is 2.12. The first-order chi connectivity index (χ1) is 8.74. The van der Waals surface area contributed by atoms with Gasteiger partial charge >= 0.3 is 5.97 Å². The second-order valence-electron chi connectivity index (χ2n) is 4.13. The van der Waals surface area contributed by atoms with Crippen molar-refractivity contribution in [2.24, 2.45) is 5.73 Å². The fourth-order valence-electron chi connectivity index (χ4n) is 1.37. The lowest BCUT2D eigenvalue weighted by Gasteiger charge is -2.11. The van der Waals surface area contributed by atoms with Crippen molar-refractivity contribution in [3.8, 4) is 0 Å². The van der Waals surface area contributed by atoms with E-state index < -0.39 is 6.04 Å². The summed E-state index contributed by atoms with van der Waals surface area (Å²) in [5.74, 6) is 1.18. The number of rotatable bonds is 8. The van der Waals surface area contributed by atoms with Gasteiger partial charge in [0.05, 0.1) is 6.61 Å². The molecule has 0 aliphatic rings. The Balaban J connectivity index is 2.16. The van der Waals surface area contributed by atoms with Gasteiger partial charge in [0, 0.05) is 11.5 Å². The molecular formula is C14H21NO2S. The van der Waals surface area contributed by atoms with Gasteiger partial charge in [0.15, 0.2) is 0 Å². The van der Waals surface area contributed by atoms with Crippen LogP contribution >= 0.6 is 11.8 Å². The molecule has 0 spiro atoms. The highest BCUT2D eigenvalue weighted by molar-refractivity contribution is 7.98. The first-order valence-corrected chi connectivity index (χ1v) is 7.43. The Hall–Kier alpha value is -1.00. The van der Waals surface area contributed by atoms with Crippen molar-refractivity contribution in [1.82, 2.24) is 0 Å². The summed E-state index contributed by atoms with van der Waals surface area (Å²) in [6.07, 6.45) is 1.92. The largest absolute Gasteiger partial charge is 0.465 e. The third-order valence-corrected chi connectivity index (χ3v) is 3.59. The second kappa shape index (κ2) is 9.00. The zero-order chi connectivity index (χ0) is 13.2. The molecule has 1 unspecified atom stereocenters. The Kier molecular flexibility index (Phi) is 7.53. The SMILES string of the molecule is CCCCOC(=O)C(N)CSCc1ccccc1. The van der Waals surface area contributed by atoms with Crippen LogP contribution in [-0.2, 0) is 15.3 Å². The van der Waals surface area contributed by atoms with Crippen LogP contribution in [-0.4, -0.2) is 24.4 Å². The molecule has 0 radical (unpaired) electrons. The molecular weight excluding hydrogens is 246 g/mol. The maximum Gasteiger partial charge on any atom is 0.323 e. The molecule has 0 amide bonds. The third kappa shape index (κ3) is 6.07. The number of carbonyl (C=O) groups is 1. The first kappa shape index (κ1) is 15.1.